The van der Waals surface area contributed by atoms with Crippen LogP contribution in [0.2, 0.25) is 0 Å². The van der Waals surface area contributed by atoms with Crippen molar-refractivity contribution in [1.82, 2.24) is 5.32 Å². The van der Waals surface area contributed by atoms with Gasteiger partial charge >= 0.3 is 0 Å². The molecule has 1 fully saturated rings. The molecule has 0 aromatic carbocycles. The fourth-order valence-electron chi connectivity index (χ4n) is 3.87. The zero-order valence-electron chi connectivity index (χ0n) is 15.5. The molecule has 0 aromatic heterocycles. The quantitative estimate of drug-likeness (QED) is 0.734. The van der Waals surface area contributed by atoms with Crippen molar-refractivity contribution in [3.8, 4) is 0 Å². The van der Waals surface area contributed by atoms with Crippen LogP contribution in [-0.2, 0) is 9.47 Å². The summed E-state index contributed by atoms with van der Waals surface area (Å²) in [6.45, 7) is 19.5. The molecule has 3 atom stereocenters. The van der Waals surface area contributed by atoms with Crippen molar-refractivity contribution < 1.29 is 9.47 Å². The second-order valence-corrected chi connectivity index (χ2v) is 7.92. The Kier molecular flexibility index (Phi) is 6.70. The predicted molar refractivity (Wildman–Crippen MR) is 89.7 cm³/mol. The molecule has 1 rings (SSSR count). The summed E-state index contributed by atoms with van der Waals surface area (Å²) >= 11 is 0. The molecule has 1 N–H and O–H groups in total. The summed E-state index contributed by atoms with van der Waals surface area (Å²) < 4.78 is 12.4. The van der Waals surface area contributed by atoms with Gasteiger partial charge in [-0.05, 0) is 59.9 Å². The normalized spacial score (nSPS) is 27.0. The lowest BCUT2D eigenvalue weighted by Gasteiger charge is -2.39. The Morgan fingerprint density at radius 1 is 1.19 bits per heavy atom. The molecule has 1 heterocycles. The lowest BCUT2D eigenvalue weighted by molar-refractivity contribution is -0.0895. The molecular weight excluding hydrogens is 262 g/mol. The molecule has 126 valence electrons. The first-order valence-electron chi connectivity index (χ1n) is 8.69. The number of hydrogen-bond donors (Lipinski definition) is 1. The highest BCUT2D eigenvalue weighted by Crippen LogP contribution is 2.45. The summed E-state index contributed by atoms with van der Waals surface area (Å²) in [6, 6.07) is 0.349. The van der Waals surface area contributed by atoms with Gasteiger partial charge in [-0.3, -0.25) is 0 Å². The standard InChI is InChI=1S/C18H37NO2/c1-9-11-19-15(16(13(3)4)20-10-2)14-12-17(5,6)21-18(14,7)8/h13-16,19H,9-12H2,1-8H3. The van der Waals surface area contributed by atoms with Crippen molar-refractivity contribution >= 4 is 0 Å². The van der Waals surface area contributed by atoms with Gasteiger partial charge in [0.15, 0.2) is 0 Å². The Labute approximate surface area is 132 Å². The average molecular weight is 299 g/mol. The van der Waals surface area contributed by atoms with E-state index in [1.54, 1.807) is 0 Å². The molecule has 1 aliphatic heterocycles. The van der Waals surface area contributed by atoms with Crippen LogP contribution in [0.5, 0.6) is 0 Å². The van der Waals surface area contributed by atoms with Gasteiger partial charge in [0.2, 0.25) is 0 Å². The predicted octanol–water partition coefficient (Wildman–Crippen LogP) is 4.01. The third-order valence-electron chi connectivity index (χ3n) is 4.58. The molecule has 3 unspecified atom stereocenters. The highest BCUT2D eigenvalue weighted by molar-refractivity contribution is 5.02. The van der Waals surface area contributed by atoms with Crippen molar-refractivity contribution in [3.63, 3.8) is 0 Å². The molecule has 0 aliphatic carbocycles. The third-order valence-corrected chi connectivity index (χ3v) is 4.58. The van der Waals surface area contributed by atoms with Gasteiger partial charge in [0, 0.05) is 18.6 Å². The first kappa shape index (κ1) is 18.9. The Balaban J connectivity index is 3.00. The summed E-state index contributed by atoms with van der Waals surface area (Å²) in [5, 5.41) is 3.77. The summed E-state index contributed by atoms with van der Waals surface area (Å²) in [7, 11) is 0. The van der Waals surface area contributed by atoms with Crippen LogP contribution in [0.3, 0.4) is 0 Å². The summed E-state index contributed by atoms with van der Waals surface area (Å²) in [5.41, 5.74) is -0.160. The van der Waals surface area contributed by atoms with Gasteiger partial charge < -0.3 is 14.8 Å². The molecule has 0 aromatic rings. The van der Waals surface area contributed by atoms with Crippen molar-refractivity contribution in [1.29, 1.82) is 0 Å². The molecule has 21 heavy (non-hydrogen) atoms. The minimum atomic E-state index is -0.112. The highest BCUT2D eigenvalue weighted by Gasteiger charge is 2.51. The minimum Gasteiger partial charge on any atom is -0.377 e. The van der Waals surface area contributed by atoms with E-state index in [1.807, 2.05) is 0 Å². The number of ether oxygens (including phenoxy) is 2. The van der Waals surface area contributed by atoms with Crippen molar-refractivity contribution in [3.05, 3.63) is 0 Å². The van der Waals surface area contributed by atoms with E-state index in [0.717, 1.165) is 26.0 Å². The maximum Gasteiger partial charge on any atom is 0.0754 e. The molecule has 0 saturated carbocycles. The first-order chi connectivity index (χ1) is 9.64. The summed E-state index contributed by atoms with van der Waals surface area (Å²) in [5.74, 6) is 0.969. The van der Waals surface area contributed by atoms with Gasteiger partial charge in [0.1, 0.15) is 0 Å². The van der Waals surface area contributed by atoms with Crippen LogP contribution in [0.4, 0.5) is 0 Å². The monoisotopic (exact) mass is 299 g/mol. The van der Waals surface area contributed by atoms with Gasteiger partial charge in [0.25, 0.3) is 0 Å². The van der Waals surface area contributed by atoms with Gasteiger partial charge in [-0.1, -0.05) is 20.8 Å². The van der Waals surface area contributed by atoms with Gasteiger partial charge in [-0.25, -0.2) is 0 Å². The maximum atomic E-state index is 6.32. The Hall–Kier alpha value is -0.120. The summed E-state index contributed by atoms with van der Waals surface area (Å²) in [6.07, 6.45) is 2.46. The Morgan fingerprint density at radius 3 is 2.19 bits per heavy atom. The van der Waals surface area contributed by atoms with E-state index in [0.29, 0.717) is 17.9 Å². The zero-order chi connectivity index (χ0) is 16.3. The van der Waals surface area contributed by atoms with E-state index in [9.17, 15) is 0 Å². The molecule has 3 nitrogen and oxygen atoms in total. The largest absolute Gasteiger partial charge is 0.377 e. The Morgan fingerprint density at radius 2 is 1.81 bits per heavy atom. The molecule has 0 spiro atoms. The number of nitrogens with one attached hydrogen (secondary N) is 1. The molecule has 1 aliphatic rings. The smallest absolute Gasteiger partial charge is 0.0754 e. The second kappa shape index (κ2) is 7.43. The van der Waals surface area contributed by atoms with Crippen LogP contribution in [0.1, 0.15) is 68.2 Å². The van der Waals surface area contributed by atoms with Crippen LogP contribution in [0.25, 0.3) is 0 Å². The van der Waals surface area contributed by atoms with E-state index >= 15 is 0 Å². The summed E-state index contributed by atoms with van der Waals surface area (Å²) in [4.78, 5) is 0. The molecule has 0 bridgehead atoms. The van der Waals surface area contributed by atoms with E-state index < -0.39 is 0 Å². The molecule has 3 heteroatoms. The fourth-order valence-corrected chi connectivity index (χ4v) is 3.87. The SMILES string of the molecule is CCCNC(C(OCC)C(C)C)C1CC(C)(C)OC1(C)C. The molecule has 0 radical (unpaired) electrons. The van der Waals surface area contributed by atoms with Crippen LogP contribution in [0, 0.1) is 11.8 Å². The van der Waals surface area contributed by atoms with Crippen LogP contribution in [-0.4, -0.2) is 36.5 Å². The average Bonchev–Trinajstić information content (AvgIpc) is 2.56. The van der Waals surface area contributed by atoms with Crippen LogP contribution >= 0.6 is 0 Å². The van der Waals surface area contributed by atoms with Gasteiger partial charge in [-0.15, -0.1) is 0 Å². The van der Waals surface area contributed by atoms with Gasteiger partial charge in [0.05, 0.1) is 17.3 Å². The fraction of sp³-hybridized carbons (Fsp3) is 1.00. The minimum absolute atomic E-state index is 0.0476. The zero-order valence-corrected chi connectivity index (χ0v) is 15.5. The van der Waals surface area contributed by atoms with E-state index in [4.69, 9.17) is 9.47 Å². The van der Waals surface area contributed by atoms with E-state index in [2.05, 4.69) is 60.7 Å². The van der Waals surface area contributed by atoms with Gasteiger partial charge in [-0.2, -0.15) is 0 Å². The lowest BCUT2D eigenvalue weighted by Crippen LogP contribution is -2.53. The van der Waals surface area contributed by atoms with E-state index in [1.165, 1.54) is 0 Å². The number of rotatable bonds is 8. The second-order valence-electron chi connectivity index (χ2n) is 7.92. The molecular formula is C18H37NO2. The van der Waals surface area contributed by atoms with Crippen LogP contribution < -0.4 is 5.32 Å². The molecule has 1 saturated heterocycles. The number of hydrogen-bond acceptors (Lipinski definition) is 3. The topological polar surface area (TPSA) is 30.5 Å². The van der Waals surface area contributed by atoms with Crippen molar-refractivity contribution in [2.24, 2.45) is 11.8 Å². The van der Waals surface area contributed by atoms with Crippen molar-refractivity contribution in [2.45, 2.75) is 91.6 Å². The van der Waals surface area contributed by atoms with Crippen molar-refractivity contribution in [2.75, 3.05) is 13.2 Å². The lowest BCUT2D eigenvalue weighted by atomic mass is 9.77. The maximum absolute atomic E-state index is 6.32. The van der Waals surface area contributed by atoms with E-state index in [-0.39, 0.29) is 17.3 Å². The first-order valence-corrected chi connectivity index (χ1v) is 8.69. The molecule has 0 amide bonds. The Bertz CT molecular complexity index is 312. The highest BCUT2D eigenvalue weighted by atomic mass is 16.5. The van der Waals surface area contributed by atoms with Crippen LogP contribution in [0.15, 0.2) is 0 Å². The third kappa shape index (κ3) is 4.94.